The van der Waals surface area contributed by atoms with Crippen LogP contribution in [0.1, 0.15) is 39.2 Å². The standard InChI is InChI=1S/C17H22N2/c1-12(2)16-15(14-8-6-5-7-9-14)10-11-18-17(16)19-13(3)4/h5-13H,1-4H3,(H,18,19). The van der Waals surface area contributed by atoms with Gasteiger partial charge in [0.15, 0.2) is 0 Å². The maximum absolute atomic E-state index is 4.52. The molecule has 2 aromatic rings. The first-order valence-corrected chi connectivity index (χ1v) is 6.90. The number of nitrogens with zero attached hydrogens (tertiary/aromatic N) is 1. The summed E-state index contributed by atoms with van der Waals surface area (Å²) in [4.78, 5) is 4.52. The highest BCUT2D eigenvalue weighted by molar-refractivity contribution is 5.72. The Bertz CT molecular complexity index is 530. The number of anilines is 1. The molecule has 0 amide bonds. The molecule has 0 aliphatic rings. The summed E-state index contributed by atoms with van der Waals surface area (Å²) in [6.07, 6.45) is 1.89. The van der Waals surface area contributed by atoms with Gasteiger partial charge in [0.2, 0.25) is 0 Å². The molecule has 2 heteroatoms. The summed E-state index contributed by atoms with van der Waals surface area (Å²) < 4.78 is 0. The molecule has 0 radical (unpaired) electrons. The first kappa shape index (κ1) is 13.6. The summed E-state index contributed by atoms with van der Waals surface area (Å²) >= 11 is 0. The Morgan fingerprint density at radius 2 is 1.63 bits per heavy atom. The van der Waals surface area contributed by atoms with Crippen molar-refractivity contribution in [2.45, 2.75) is 39.7 Å². The van der Waals surface area contributed by atoms with Crippen molar-refractivity contribution >= 4 is 5.82 Å². The van der Waals surface area contributed by atoms with Crippen LogP contribution in [0.2, 0.25) is 0 Å². The third kappa shape index (κ3) is 3.14. The van der Waals surface area contributed by atoms with Crippen molar-refractivity contribution in [3.05, 3.63) is 48.2 Å². The van der Waals surface area contributed by atoms with E-state index in [1.165, 1.54) is 16.7 Å². The number of aromatic nitrogens is 1. The van der Waals surface area contributed by atoms with Crippen molar-refractivity contribution in [1.29, 1.82) is 0 Å². The van der Waals surface area contributed by atoms with Crippen LogP contribution in [0.15, 0.2) is 42.6 Å². The molecule has 1 heterocycles. The van der Waals surface area contributed by atoms with Crippen LogP contribution in [0.5, 0.6) is 0 Å². The Labute approximate surface area is 115 Å². The maximum Gasteiger partial charge on any atom is 0.130 e. The Kier molecular flexibility index (Phi) is 4.20. The van der Waals surface area contributed by atoms with Crippen molar-refractivity contribution in [2.24, 2.45) is 0 Å². The van der Waals surface area contributed by atoms with Crippen molar-refractivity contribution in [3.8, 4) is 11.1 Å². The minimum absolute atomic E-state index is 0.385. The van der Waals surface area contributed by atoms with Crippen LogP contribution >= 0.6 is 0 Å². The van der Waals surface area contributed by atoms with Crippen LogP contribution in [0.4, 0.5) is 5.82 Å². The van der Waals surface area contributed by atoms with Gasteiger partial charge in [0.25, 0.3) is 0 Å². The zero-order valence-electron chi connectivity index (χ0n) is 12.1. The molecule has 0 spiro atoms. The number of hydrogen-bond donors (Lipinski definition) is 1. The minimum Gasteiger partial charge on any atom is -0.368 e. The lowest BCUT2D eigenvalue weighted by molar-refractivity contribution is 0.836. The second-order valence-electron chi connectivity index (χ2n) is 5.44. The molecule has 0 aliphatic carbocycles. The lowest BCUT2D eigenvalue weighted by atomic mass is 9.93. The summed E-state index contributed by atoms with van der Waals surface area (Å²) in [5.74, 6) is 1.44. The van der Waals surface area contributed by atoms with E-state index in [9.17, 15) is 0 Å². The van der Waals surface area contributed by atoms with Gasteiger partial charge in [0.1, 0.15) is 5.82 Å². The number of rotatable bonds is 4. The van der Waals surface area contributed by atoms with Gasteiger partial charge in [0.05, 0.1) is 0 Å². The third-order valence-corrected chi connectivity index (χ3v) is 3.08. The van der Waals surface area contributed by atoms with Gasteiger partial charge < -0.3 is 5.32 Å². The van der Waals surface area contributed by atoms with Gasteiger partial charge in [-0.05, 0) is 37.0 Å². The van der Waals surface area contributed by atoms with Gasteiger partial charge in [-0.2, -0.15) is 0 Å². The van der Waals surface area contributed by atoms with Crippen molar-refractivity contribution in [2.75, 3.05) is 5.32 Å². The first-order valence-electron chi connectivity index (χ1n) is 6.90. The molecule has 0 saturated carbocycles. The highest BCUT2D eigenvalue weighted by Crippen LogP contribution is 2.33. The summed E-state index contributed by atoms with van der Waals surface area (Å²) in [7, 11) is 0. The predicted molar refractivity (Wildman–Crippen MR) is 82.5 cm³/mol. The second kappa shape index (κ2) is 5.87. The zero-order valence-corrected chi connectivity index (χ0v) is 12.1. The van der Waals surface area contributed by atoms with Crippen molar-refractivity contribution < 1.29 is 0 Å². The highest BCUT2D eigenvalue weighted by Gasteiger charge is 2.14. The fraction of sp³-hybridized carbons (Fsp3) is 0.353. The molecule has 0 saturated heterocycles. The van der Waals surface area contributed by atoms with Gasteiger partial charge in [-0.1, -0.05) is 44.2 Å². The Morgan fingerprint density at radius 1 is 0.947 bits per heavy atom. The van der Waals surface area contributed by atoms with Crippen molar-refractivity contribution in [1.82, 2.24) is 4.98 Å². The van der Waals surface area contributed by atoms with E-state index in [1.807, 2.05) is 12.3 Å². The molecule has 0 unspecified atom stereocenters. The second-order valence-corrected chi connectivity index (χ2v) is 5.44. The van der Waals surface area contributed by atoms with Gasteiger partial charge in [-0.25, -0.2) is 4.98 Å². The Hall–Kier alpha value is -1.83. The average molecular weight is 254 g/mol. The number of hydrogen-bond acceptors (Lipinski definition) is 2. The highest BCUT2D eigenvalue weighted by atomic mass is 15.0. The number of nitrogens with one attached hydrogen (secondary N) is 1. The van der Waals surface area contributed by atoms with E-state index < -0.39 is 0 Å². The molecular formula is C17H22N2. The maximum atomic E-state index is 4.52. The monoisotopic (exact) mass is 254 g/mol. The molecule has 0 fully saturated rings. The molecule has 100 valence electrons. The predicted octanol–water partition coefficient (Wildman–Crippen LogP) is 4.69. The summed E-state index contributed by atoms with van der Waals surface area (Å²) in [5.41, 5.74) is 3.82. The quantitative estimate of drug-likeness (QED) is 0.856. The third-order valence-electron chi connectivity index (χ3n) is 3.08. The molecule has 2 nitrogen and oxygen atoms in total. The normalized spacial score (nSPS) is 11.1. The van der Waals surface area contributed by atoms with Crippen LogP contribution in [0.25, 0.3) is 11.1 Å². The van der Waals surface area contributed by atoms with E-state index in [0.29, 0.717) is 12.0 Å². The number of pyridine rings is 1. The Morgan fingerprint density at radius 3 is 2.21 bits per heavy atom. The van der Waals surface area contributed by atoms with E-state index in [4.69, 9.17) is 0 Å². The summed E-state index contributed by atoms with van der Waals surface area (Å²) in [6, 6.07) is 13.0. The summed E-state index contributed by atoms with van der Waals surface area (Å²) in [5, 5.41) is 3.45. The van der Waals surface area contributed by atoms with Gasteiger partial charge >= 0.3 is 0 Å². The Balaban J connectivity index is 2.55. The molecule has 0 bridgehead atoms. The largest absolute Gasteiger partial charge is 0.368 e. The van der Waals surface area contributed by atoms with Gasteiger partial charge in [0, 0.05) is 17.8 Å². The smallest absolute Gasteiger partial charge is 0.130 e. The average Bonchev–Trinajstić information content (AvgIpc) is 2.38. The van der Waals surface area contributed by atoms with E-state index >= 15 is 0 Å². The lowest BCUT2D eigenvalue weighted by Gasteiger charge is -2.19. The van der Waals surface area contributed by atoms with Crippen LogP contribution in [0.3, 0.4) is 0 Å². The fourth-order valence-corrected chi connectivity index (χ4v) is 2.32. The first-order chi connectivity index (χ1) is 9.09. The lowest BCUT2D eigenvalue weighted by Crippen LogP contribution is -2.14. The van der Waals surface area contributed by atoms with Gasteiger partial charge in [-0.15, -0.1) is 0 Å². The molecule has 2 rings (SSSR count). The molecule has 19 heavy (non-hydrogen) atoms. The zero-order chi connectivity index (χ0) is 13.8. The molecular weight excluding hydrogens is 232 g/mol. The van der Waals surface area contributed by atoms with E-state index in [0.717, 1.165) is 5.82 Å². The van der Waals surface area contributed by atoms with E-state index in [2.05, 4.69) is 68.3 Å². The van der Waals surface area contributed by atoms with Crippen LogP contribution in [-0.2, 0) is 0 Å². The topological polar surface area (TPSA) is 24.9 Å². The molecule has 0 atom stereocenters. The van der Waals surface area contributed by atoms with Crippen LogP contribution in [-0.4, -0.2) is 11.0 Å². The van der Waals surface area contributed by atoms with E-state index in [-0.39, 0.29) is 0 Å². The summed E-state index contributed by atoms with van der Waals surface area (Å²) in [6.45, 7) is 8.71. The van der Waals surface area contributed by atoms with E-state index in [1.54, 1.807) is 0 Å². The number of benzene rings is 1. The van der Waals surface area contributed by atoms with Crippen LogP contribution in [0, 0.1) is 0 Å². The fourth-order valence-electron chi connectivity index (χ4n) is 2.32. The molecule has 1 aromatic heterocycles. The van der Waals surface area contributed by atoms with Gasteiger partial charge in [-0.3, -0.25) is 0 Å². The molecule has 1 aromatic carbocycles. The molecule has 0 aliphatic heterocycles. The SMILES string of the molecule is CC(C)Nc1nccc(-c2ccccc2)c1C(C)C. The van der Waals surface area contributed by atoms with Crippen molar-refractivity contribution in [3.63, 3.8) is 0 Å². The van der Waals surface area contributed by atoms with Crippen LogP contribution < -0.4 is 5.32 Å². The minimum atomic E-state index is 0.385. The molecule has 1 N–H and O–H groups in total.